The van der Waals surface area contributed by atoms with E-state index in [0.29, 0.717) is 18.0 Å². The van der Waals surface area contributed by atoms with E-state index in [-0.39, 0.29) is 5.25 Å². The SMILES string of the molecule is CN(CC1CCN(c2ccc(C#N)cn2)CC1)S(=O)(=O)C1CC1. The van der Waals surface area contributed by atoms with Crippen molar-refractivity contribution in [2.24, 2.45) is 5.92 Å². The molecule has 0 amide bonds. The first-order valence-corrected chi connectivity index (χ1v) is 9.57. The van der Waals surface area contributed by atoms with Crippen molar-refractivity contribution in [1.29, 1.82) is 5.26 Å². The largest absolute Gasteiger partial charge is 0.357 e. The normalized spacial score (nSPS) is 19.8. The molecule has 6 nitrogen and oxygen atoms in total. The number of pyridine rings is 1. The number of aromatic nitrogens is 1. The van der Waals surface area contributed by atoms with Crippen molar-refractivity contribution in [2.45, 2.75) is 30.9 Å². The average molecular weight is 334 g/mol. The Bertz CT molecular complexity index is 684. The highest BCUT2D eigenvalue weighted by molar-refractivity contribution is 7.90. The molecule has 1 saturated heterocycles. The minimum Gasteiger partial charge on any atom is -0.357 e. The number of rotatable bonds is 5. The predicted octanol–water partition coefficient (Wildman–Crippen LogP) is 1.59. The maximum atomic E-state index is 12.2. The van der Waals surface area contributed by atoms with Gasteiger partial charge >= 0.3 is 0 Å². The van der Waals surface area contributed by atoms with Crippen LogP contribution in [0.15, 0.2) is 18.3 Å². The van der Waals surface area contributed by atoms with Crippen molar-refractivity contribution in [2.75, 3.05) is 31.6 Å². The number of hydrogen-bond donors (Lipinski definition) is 0. The molecule has 1 saturated carbocycles. The summed E-state index contributed by atoms with van der Waals surface area (Å²) >= 11 is 0. The van der Waals surface area contributed by atoms with E-state index in [1.807, 2.05) is 6.07 Å². The third kappa shape index (κ3) is 3.65. The van der Waals surface area contributed by atoms with Crippen LogP contribution in [0.5, 0.6) is 0 Å². The van der Waals surface area contributed by atoms with Gasteiger partial charge in [0, 0.05) is 32.9 Å². The fourth-order valence-corrected chi connectivity index (χ4v) is 4.73. The van der Waals surface area contributed by atoms with Gasteiger partial charge in [0.25, 0.3) is 0 Å². The van der Waals surface area contributed by atoms with Crippen molar-refractivity contribution in [3.8, 4) is 6.07 Å². The summed E-state index contributed by atoms with van der Waals surface area (Å²) in [7, 11) is -1.35. The Balaban J connectivity index is 1.53. The first-order valence-electron chi connectivity index (χ1n) is 8.07. The molecule has 0 aromatic carbocycles. The van der Waals surface area contributed by atoms with Crippen molar-refractivity contribution in [3.63, 3.8) is 0 Å². The Morgan fingerprint density at radius 2 is 2.00 bits per heavy atom. The molecule has 3 rings (SSSR count). The molecule has 2 fully saturated rings. The van der Waals surface area contributed by atoms with Gasteiger partial charge < -0.3 is 4.90 Å². The van der Waals surface area contributed by atoms with Crippen LogP contribution in [0.3, 0.4) is 0 Å². The molecule has 0 bridgehead atoms. The van der Waals surface area contributed by atoms with Gasteiger partial charge in [-0.1, -0.05) is 0 Å². The standard InChI is InChI=1S/C16H22N4O2S/c1-19(23(21,22)15-3-4-15)12-13-6-8-20(9-7-13)16-5-2-14(10-17)11-18-16/h2,5,11,13,15H,3-4,6-9,12H2,1H3. The second-order valence-electron chi connectivity index (χ2n) is 6.47. The Hall–Kier alpha value is -1.65. The highest BCUT2D eigenvalue weighted by atomic mass is 32.2. The third-order valence-corrected chi connectivity index (χ3v) is 7.04. The summed E-state index contributed by atoms with van der Waals surface area (Å²) in [6.07, 6.45) is 5.15. The smallest absolute Gasteiger partial charge is 0.216 e. The second kappa shape index (κ2) is 6.46. The monoisotopic (exact) mass is 334 g/mol. The number of anilines is 1. The molecule has 0 spiro atoms. The van der Waals surface area contributed by atoms with Gasteiger partial charge in [0.05, 0.1) is 10.8 Å². The van der Waals surface area contributed by atoms with Crippen LogP contribution in [-0.2, 0) is 10.0 Å². The van der Waals surface area contributed by atoms with Crippen LogP contribution in [-0.4, -0.2) is 49.6 Å². The maximum Gasteiger partial charge on any atom is 0.216 e. The van der Waals surface area contributed by atoms with Gasteiger partial charge in [-0.3, -0.25) is 0 Å². The molecule has 2 aliphatic rings. The second-order valence-corrected chi connectivity index (χ2v) is 8.79. The van der Waals surface area contributed by atoms with E-state index < -0.39 is 10.0 Å². The zero-order valence-electron chi connectivity index (χ0n) is 13.4. The fraction of sp³-hybridized carbons (Fsp3) is 0.625. The van der Waals surface area contributed by atoms with Crippen LogP contribution in [0.1, 0.15) is 31.2 Å². The predicted molar refractivity (Wildman–Crippen MR) is 88.5 cm³/mol. The van der Waals surface area contributed by atoms with E-state index in [1.165, 1.54) is 0 Å². The molecule has 0 atom stereocenters. The van der Waals surface area contributed by atoms with Crippen LogP contribution in [0, 0.1) is 17.2 Å². The third-order valence-electron chi connectivity index (χ3n) is 4.71. The Labute approximate surface area is 137 Å². The number of sulfonamides is 1. The molecular formula is C16H22N4O2S. The quantitative estimate of drug-likeness (QED) is 0.817. The molecule has 23 heavy (non-hydrogen) atoms. The molecule has 0 unspecified atom stereocenters. The summed E-state index contributed by atoms with van der Waals surface area (Å²) in [6, 6.07) is 5.73. The molecular weight excluding hydrogens is 312 g/mol. The lowest BCUT2D eigenvalue weighted by Crippen LogP contribution is -2.40. The molecule has 0 radical (unpaired) electrons. The summed E-state index contributed by atoms with van der Waals surface area (Å²) in [4.78, 5) is 6.53. The van der Waals surface area contributed by atoms with Crippen molar-refractivity contribution in [3.05, 3.63) is 23.9 Å². The summed E-state index contributed by atoms with van der Waals surface area (Å²) in [5.41, 5.74) is 0.565. The van der Waals surface area contributed by atoms with Gasteiger partial charge in [0.1, 0.15) is 11.9 Å². The van der Waals surface area contributed by atoms with E-state index in [9.17, 15) is 8.42 Å². The van der Waals surface area contributed by atoms with Crippen molar-refractivity contribution < 1.29 is 8.42 Å². The zero-order valence-corrected chi connectivity index (χ0v) is 14.2. The average Bonchev–Trinajstić information content (AvgIpc) is 3.41. The molecule has 1 aromatic rings. The minimum absolute atomic E-state index is 0.129. The number of nitrogens with zero attached hydrogens (tertiary/aromatic N) is 4. The van der Waals surface area contributed by atoms with E-state index in [2.05, 4.69) is 16.0 Å². The number of nitriles is 1. The molecule has 0 N–H and O–H groups in total. The first kappa shape index (κ1) is 16.2. The van der Waals surface area contributed by atoms with Crippen molar-refractivity contribution in [1.82, 2.24) is 9.29 Å². The summed E-state index contributed by atoms with van der Waals surface area (Å²) < 4.78 is 25.9. The Morgan fingerprint density at radius 1 is 1.30 bits per heavy atom. The fourth-order valence-electron chi connectivity index (χ4n) is 3.07. The van der Waals surface area contributed by atoms with Crippen LogP contribution >= 0.6 is 0 Å². The van der Waals surface area contributed by atoms with E-state index >= 15 is 0 Å². The topological polar surface area (TPSA) is 77.3 Å². The molecule has 2 heterocycles. The lowest BCUT2D eigenvalue weighted by Gasteiger charge is -2.34. The highest BCUT2D eigenvalue weighted by Crippen LogP contribution is 2.31. The highest BCUT2D eigenvalue weighted by Gasteiger charge is 2.39. The van der Waals surface area contributed by atoms with Crippen LogP contribution in [0.2, 0.25) is 0 Å². The van der Waals surface area contributed by atoms with Crippen LogP contribution in [0.4, 0.5) is 5.82 Å². The summed E-state index contributed by atoms with van der Waals surface area (Å²) in [6.45, 7) is 2.37. The number of hydrogen-bond acceptors (Lipinski definition) is 5. The molecule has 124 valence electrons. The van der Waals surface area contributed by atoms with Crippen LogP contribution in [0.25, 0.3) is 0 Å². The van der Waals surface area contributed by atoms with Gasteiger partial charge in [-0.05, 0) is 43.7 Å². The van der Waals surface area contributed by atoms with Gasteiger partial charge in [0.2, 0.25) is 10.0 Å². The molecule has 1 aliphatic heterocycles. The molecule has 1 aromatic heterocycles. The zero-order chi connectivity index (χ0) is 16.4. The molecule has 1 aliphatic carbocycles. The van der Waals surface area contributed by atoms with Gasteiger partial charge in [0.15, 0.2) is 0 Å². The van der Waals surface area contributed by atoms with Gasteiger partial charge in [-0.25, -0.2) is 17.7 Å². The minimum atomic E-state index is -3.06. The van der Waals surface area contributed by atoms with E-state index in [4.69, 9.17) is 5.26 Å². The van der Waals surface area contributed by atoms with Gasteiger partial charge in [-0.2, -0.15) is 5.26 Å². The van der Waals surface area contributed by atoms with Crippen LogP contribution < -0.4 is 4.90 Å². The maximum absolute atomic E-state index is 12.2. The van der Waals surface area contributed by atoms with Crippen molar-refractivity contribution >= 4 is 15.8 Å². The summed E-state index contributed by atoms with van der Waals surface area (Å²) in [5, 5.41) is 8.68. The van der Waals surface area contributed by atoms with E-state index in [1.54, 1.807) is 23.6 Å². The lowest BCUT2D eigenvalue weighted by molar-refractivity contribution is 0.327. The first-order chi connectivity index (χ1) is 11.0. The van der Waals surface area contributed by atoms with E-state index in [0.717, 1.165) is 44.6 Å². The summed E-state index contributed by atoms with van der Waals surface area (Å²) in [5.74, 6) is 1.30. The Kier molecular flexibility index (Phi) is 4.55. The number of piperidine rings is 1. The lowest BCUT2D eigenvalue weighted by atomic mass is 9.97. The van der Waals surface area contributed by atoms with Gasteiger partial charge in [-0.15, -0.1) is 0 Å². The molecule has 7 heteroatoms. The Morgan fingerprint density at radius 3 is 2.52 bits per heavy atom.